The number of carbonyl (C=O) groups is 4. The number of hydrogen-bond donors (Lipinski definition) is 4. The Balaban J connectivity index is 0.00000326. The molecule has 0 aliphatic rings. The lowest BCUT2D eigenvalue weighted by molar-refractivity contribution is -0.151. The fourth-order valence-corrected chi connectivity index (χ4v) is 1.78. The molecule has 4 N–H and O–H groups in total. The van der Waals surface area contributed by atoms with Crippen LogP contribution in [0.5, 0.6) is 0 Å². The fraction of sp³-hybridized carbons (Fsp3) is 0.444. The molecular formula is C18H27N3O6. The summed E-state index contributed by atoms with van der Waals surface area (Å²) < 4.78 is 4.96. The summed E-state index contributed by atoms with van der Waals surface area (Å²) in [6, 6.07) is 7.49. The van der Waals surface area contributed by atoms with Crippen LogP contribution in [0.2, 0.25) is 0 Å². The molecule has 0 aromatic heterocycles. The highest BCUT2D eigenvalue weighted by Gasteiger charge is 2.25. The summed E-state index contributed by atoms with van der Waals surface area (Å²) >= 11 is 0. The first kappa shape index (κ1) is 23.9. The van der Waals surface area contributed by atoms with E-state index in [1.54, 1.807) is 51.1 Å². The summed E-state index contributed by atoms with van der Waals surface area (Å²) in [7, 11) is 0. The van der Waals surface area contributed by atoms with Crippen molar-refractivity contribution in [3.05, 3.63) is 35.9 Å². The molecule has 27 heavy (non-hydrogen) atoms. The number of carbonyl (C=O) groups excluding carboxylic acids is 3. The highest BCUT2D eigenvalue weighted by molar-refractivity contribution is 6.32. The number of nitrogens with one attached hydrogen (secondary N) is 3. The predicted molar refractivity (Wildman–Crippen MR) is 98.6 cm³/mol. The molecule has 1 aromatic rings. The average Bonchev–Trinajstić information content (AvgIpc) is 2.60. The van der Waals surface area contributed by atoms with Gasteiger partial charge in [-0.25, -0.2) is 15.0 Å². The Labute approximate surface area is 158 Å². The molecule has 3 amide bonds. The Hall–Kier alpha value is -3.10. The normalized spacial score (nSPS) is 11.1. The highest BCUT2D eigenvalue weighted by atomic mass is 16.6. The zero-order chi connectivity index (χ0) is 21.0. The van der Waals surface area contributed by atoms with Gasteiger partial charge in [0.15, 0.2) is 0 Å². The molecule has 1 atom stereocenters. The van der Waals surface area contributed by atoms with Crippen LogP contribution in [0.1, 0.15) is 40.2 Å². The van der Waals surface area contributed by atoms with E-state index < -0.39 is 35.5 Å². The van der Waals surface area contributed by atoms with Crippen molar-refractivity contribution in [2.45, 2.75) is 52.7 Å². The number of hydrazine groups is 1. The number of rotatable bonds is 4. The molecule has 0 spiro atoms. The van der Waals surface area contributed by atoms with Gasteiger partial charge in [-0.2, -0.15) is 0 Å². The van der Waals surface area contributed by atoms with Crippen molar-refractivity contribution in [3.8, 4) is 0 Å². The third-order valence-corrected chi connectivity index (χ3v) is 2.79. The summed E-state index contributed by atoms with van der Waals surface area (Å²) in [5, 5.41) is 10.8. The molecule has 1 rings (SSSR count). The first-order valence-corrected chi connectivity index (χ1v) is 8.45. The maximum Gasteiger partial charge on any atom is 0.426 e. The Morgan fingerprint density at radius 1 is 1.04 bits per heavy atom. The van der Waals surface area contributed by atoms with Gasteiger partial charge < -0.3 is 15.2 Å². The minimum absolute atomic E-state index is 0.0433. The van der Waals surface area contributed by atoms with Gasteiger partial charge in [-0.15, -0.1) is 0 Å². The molecule has 0 fully saturated rings. The second-order valence-electron chi connectivity index (χ2n) is 6.14. The number of benzene rings is 1. The Kier molecular flexibility index (Phi) is 10.2. The van der Waals surface area contributed by atoms with Gasteiger partial charge >= 0.3 is 18.0 Å². The van der Waals surface area contributed by atoms with Gasteiger partial charge in [0, 0.05) is 6.42 Å². The first-order chi connectivity index (χ1) is 12.6. The van der Waals surface area contributed by atoms with E-state index in [-0.39, 0.29) is 6.42 Å². The molecule has 9 nitrogen and oxygen atoms in total. The molecule has 1 aromatic carbocycles. The summed E-state index contributed by atoms with van der Waals surface area (Å²) in [5.74, 6) is -3.83. The topological polar surface area (TPSA) is 134 Å². The van der Waals surface area contributed by atoms with E-state index in [2.05, 4.69) is 10.7 Å². The average molecular weight is 381 g/mol. The molecule has 0 saturated heterocycles. The van der Waals surface area contributed by atoms with Gasteiger partial charge in [-0.05, 0) is 26.3 Å². The molecule has 0 aliphatic carbocycles. The van der Waals surface area contributed by atoms with E-state index >= 15 is 0 Å². The standard InChI is InChI=1S/C16H21N3O6.C2H6/c1-16(2,3)25-15(24)19-18-12(20)11(17-13(21)14(22)23)9-10-7-5-4-6-8-10;1-2/h4-8,11H,9H2,1-3H3,(H,17,21)(H,18,20)(H,19,24)(H,22,23);1-2H3/t11-;/m0./s1. The quantitative estimate of drug-likeness (QED) is 0.460. The maximum absolute atomic E-state index is 12.2. The van der Waals surface area contributed by atoms with Crippen molar-refractivity contribution < 1.29 is 29.0 Å². The van der Waals surface area contributed by atoms with E-state index in [1.165, 1.54) is 0 Å². The van der Waals surface area contributed by atoms with Crippen LogP contribution in [0.3, 0.4) is 0 Å². The van der Waals surface area contributed by atoms with E-state index in [0.29, 0.717) is 5.56 Å². The van der Waals surface area contributed by atoms with Crippen molar-refractivity contribution in [2.75, 3.05) is 0 Å². The number of carboxylic acid groups (broad SMARTS) is 1. The lowest BCUT2D eigenvalue weighted by atomic mass is 10.1. The third-order valence-electron chi connectivity index (χ3n) is 2.79. The van der Waals surface area contributed by atoms with Crippen molar-refractivity contribution >= 4 is 23.9 Å². The zero-order valence-corrected chi connectivity index (χ0v) is 16.2. The van der Waals surface area contributed by atoms with E-state index in [1.807, 2.05) is 19.3 Å². The number of hydrogen-bond acceptors (Lipinski definition) is 5. The molecule has 0 radical (unpaired) electrons. The largest absolute Gasteiger partial charge is 0.474 e. The SMILES string of the molecule is CC.CC(C)(C)OC(=O)NNC(=O)[C@H](Cc1ccccc1)NC(=O)C(=O)O. The van der Waals surface area contributed by atoms with Gasteiger partial charge in [-0.1, -0.05) is 44.2 Å². The van der Waals surface area contributed by atoms with Crippen LogP contribution in [0, 0.1) is 0 Å². The van der Waals surface area contributed by atoms with Crippen LogP contribution in [-0.2, 0) is 25.5 Å². The monoisotopic (exact) mass is 381 g/mol. The lowest BCUT2D eigenvalue weighted by Crippen LogP contribution is -2.54. The lowest BCUT2D eigenvalue weighted by Gasteiger charge is -2.21. The Morgan fingerprint density at radius 3 is 2.07 bits per heavy atom. The van der Waals surface area contributed by atoms with Crippen LogP contribution >= 0.6 is 0 Å². The van der Waals surface area contributed by atoms with Gasteiger partial charge in [0.1, 0.15) is 11.6 Å². The van der Waals surface area contributed by atoms with Gasteiger partial charge in [0.2, 0.25) is 0 Å². The number of amides is 3. The van der Waals surface area contributed by atoms with Crippen LogP contribution in [0.15, 0.2) is 30.3 Å². The molecular weight excluding hydrogens is 354 g/mol. The zero-order valence-electron chi connectivity index (χ0n) is 16.2. The summed E-state index contributed by atoms with van der Waals surface area (Å²) in [6.07, 6.45) is -0.842. The summed E-state index contributed by atoms with van der Waals surface area (Å²) in [6.45, 7) is 8.96. The van der Waals surface area contributed by atoms with Gasteiger partial charge in [0.25, 0.3) is 5.91 Å². The van der Waals surface area contributed by atoms with E-state index in [9.17, 15) is 19.2 Å². The molecule has 150 valence electrons. The van der Waals surface area contributed by atoms with Crippen molar-refractivity contribution in [3.63, 3.8) is 0 Å². The maximum atomic E-state index is 12.2. The minimum Gasteiger partial charge on any atom is -0.474 e. The number of ether oxygens (including phenoxy) is 1. The minimum atomic E-state index is -1.72. The molecule has 0 unspecified atom stereocenters. The molecule has 0 aliphatic heterocycles. The Morgan fingerprint density at radius 2 is 1.59 bits per heavy atom. The summed E-state index contributed by atoms with van der Waals surface area (Å²) in [5.41, 5.74) is 4.09. The van der Waals surface area contributed by atoms with Crippen molar-refractivity contribution in [2.24, 2.45) is 0 Å². The fourth-order valence-electron chi connectivity index (χ4n) is 1.78. The van der Waals surface area contributed by atoms with Gasteiger partial charge in [0.05, 0.1) is 0 Å². The van der Waals surface area contributed by atoms with Crippen LogP contribution in [0.4, 0.5) is 4.79 Å². The smallest absolute Gasteiger partial charge is 0.426 e. The summed E-state index contributed by atoms with van der Waals surface area (Å²) in [4.78, 5) is 45.8. The first-order valence-electron chi connectivity index (χ1n) is 8.45. The number of aliphatic carboxylic acids is 1. The second kappa shape index (κ2) is 11.5. The molecule has 0 saturated carbocycles. The van der Waals surface area contributed by atoms with E-state index in [4.69, 9.17) is 9.84 Å². The Bertz CT molecular complexity index is 640. The van der Waals surface area contributed by atoms with Crippen molar-refractivity contribution in [1.29, 1.82) is 0 Å². The van der Waals surface area contributed by atoms with E-state index in [0.717, 1.165) is 0 Å². The van der Waals surface area contributed by atoms with Crippen LogP contribution < -0.4 is 16.2 Å². The van der Waals surface area contributed by atoms with Crippen LogP contribution in [0.25, 0.3) is 0 Å². The second-order valence-corrected chi connectivity index (χ2v) is 6.14. The highest BCUT2D eigenvalue weighted by Crippen LogP contribution is 2.06. The van der Waals surface area contributed by atoms with Gasteiger partial charge in [-0.3, -0.25) is 15.0 Å². The molecule has 0 bridgehead atoms. The van der Waals surface area contributed by atoms with Crippen molar-refractivity contribution in [1.82, 2.24) is 16.2 Å². The molecule has 0 heterocycles. The third kappa shape index (κ3) is 10.5. The molecule has 9 heteroatoms. The predicted octanol–water partition coefficient (Wildman–Crippen LogP) is 1.38. The number of carboxylic acids is 1. The van der Waals surface area contributed by atoms with Crippen LogP contribution in [-0.4, -0.2) is 40.6 Å².